The van der Waals surface area contributed by atoms with Crippen LogP contribution in [0.3, 0.4) is 0 Å². The highest BCUT2D eigenvalue weighted by Crippen LogP contribution is 2.55. The molecule has 2 aromatic carbocycles. The van der Waals surface area contributed by atoms with Crippen molar-refractivity contribution in [2.45, 2.75) is 37.8 Å². The van der Waals surface area contributed by atoms with Crippen molar-refractivity contribution in [2.24, 2.45) is 11.8 Å². The largest absolute Gasteiger partial charge is 0.497 e. The highest BCUT2D eigenvalue weighted by molar-refractivity contribution is 5.71. The lowest BCUT2D eigenvalue weighted by molar-refractivity contribution is 0.0223. The fraction of sp³-hybridized carbons (Fsp3) is 0.400. The zero-order chi connectivity index (χ0) is 21.5. The molecule has 5 atom stereocenters. The van der Waals surface area contributed by atoms with Crippen LogP contribution in [0, 0.1) is 11.8 Å². The van der Waals surface area contributed by atoms with Crippen LogP contribution in [0.5, 0.6) is 17.2 Å². The van der Waals surface area contributed by atoms with Gasteiger partial charge >= 0.3 is 6.09 Å². The standard InChI is InChI=1S/C25H27NO5/c1-14-21-15-9-11-19(28-2)23(21)31-24-20(29-3)12-10-17(22(14)24)18(13-15)26-25(27)30-16-7-5-4-6-8-16/h4-9,11-12,14,17-18,22,24H,10,13H2,1-3H3,(H,26,27)/t14?,17?,18-,22?,24?/m0/s1. The molecule has 1 heterocycles. The molecule has 0 saturated heterocycles. The Kier molecular flexibility index (Phi) is 5.00. The predicted molar refractivity (Wildman–Crippen MR) is 116 cm³/mol. The van der Waals surface area contributed by atoms with E-state index in [1.165, 1.54) is 11.1 Å². The van der Waals surface area contributed by atoms with Gasteiger partial charge in [-0.15, -0.1) is 0 Å². The average Bonchev–Trinajstić information content (AvgIpc) is 2.88. The SMILES string of the molecule is COC1=CCC2C3C1Oc1c(OC)ccc(c1C3C)C[C@@H]2NC(=O)Oc1ccccc1. The Bertz CT molecular complexity index is 1020. The molecule has 31 heavy (non-hydrogen) atoms. The lowest BCUT2D eigenvalue weighted by atomic mass is 9.68. The second-order valence-electron chi connectivity index (χ2n) is 8.44. The summed E-state index contributed by atoms with van der Waals surface area (Å²) in [7, 11) is 3.35. The van der Waals surface area contributed by atoms with Gasteiger partial charge in [-0.25, -0.2) is 4.79 Å². The predicted octanol–water partition coefficient (Wildman–Crippen LogP) is 4.44. The second-order valence-corrected chi connectivity index (χ2v) is 8.44. The van der Waals surface area contributed by atoms with Crippen molar-refractivity contribution in [1.82, 2.24) is 5.32 Å². The molecule has 0 saturated carbocycles. The summed E-state index contributed by atoms with van der Waals surface area (Å²) in [4.78, 5) is 12.8. The maximum absolute atomic E-state index is 12.8. The molecule has 1 N–H and O–H groups in total. The van der Waals surface area contributed by atoms with E-state index in [-0.39, 0.29) is 29.9 Å². The summed E-state index contributed by atoms with van der Waals surface area (Å²) in [5.41, 5.74) is 2.36. The van der Waals surface area contributed by atoms with E-state index in [0.29, 0.717) is 12.2 Å². The maximum atomic E-state index is 12.8. The zero-order valence-electron chi connectivity index (χ0n) is 18.0. The molecule has 0 fully saturated rings. The number of amides is 1. The zero-order valence-corrected chi connectivity index (χ0v) is 18.0. The average molecular weight is 421 g/mol. The number of hydrogen-bond donors (Lipinski definition) is 1. The number of nitrogens with one attached hydrogen (secondary N) is 1. The molecule has 3 aliphatic rings. The molecular weight excluding hydrogens is 394 g/mol. The third kappa shape index (κ3) is 3.30. The highest BCUT2D eigenvalue weighted by atomic mass is 16.6. The van der Waals surface area contributed by atoms with Crippen LogP contribution >= 0.6 is 0 Å². The summed E-state index contributed by atoms with van der Waals surface area (Å²) >= 11 is 0. The van der Waals surface area contributed by atoms with Crippen LogP contribution in [0.1, 0.15) is 30.4 Å². The van der Waals surface area contributed by atoms with Gasteiger partial charge in [0, 0.05) is 17.5 Å². The Morgan fingerprint density at radius 3 is 2.65 bits per heavy atom. The number of benzene rings is 2. The van der Waals surface area contributed by atoms with Crippen molar-refractivity contribution in [3.05, 3.63) is 65.4 Å². The molecule has 6 heteroatoms. The van der Waals surface area contributed by atoms with Gasteiger partial charge in [0.15, 0.2) is 17.6 Å². The normalized spacial score (nSPS) is 27.8. The van der Waals surface area contributed by atoms with Gasteiger partial charge in [0.2, 0.25) is 0 Å². The monoisotopic (exact) mass is 421 g/mol. The summed E-state index contributed by atoms with van der Waals surface area (Å²) < 4.78 is 23.3. The molecule has 0 aromatic heterocycles. The molecule has 2 bridgehead atoms. The smallest absolute Gasteiger partial charge is 0.412 e. The number of allylic oxidation sites excluding steroid dienone is 1. The van der Waals surface area contributed by atoms with E-state index in [2.05, 4.69) is 24.4 Å². The Balaban J connectivity index is 1.52. The van der Waals surface area contributed by atoms with E-state index in [1.807, 2.05) is 24.3 Å². The van der Waals surface area contributed by atoms with Crippen LogP contribution in [0.15, 0.2) is 54.3 Å². The lowest BCUT2D eigenvalue weighted by Gasteiger charge is -2.45. The van der Waals surface area contributed by atoms with Crippen LogP contribution in [0.2, 0.25) is 0 Å². The molecule has 6 nitrogen and oxygen atoms in total. The highest BCUT2D eigenvalue weighted by Gasteiger charge is 2.51. The molecule has 5 rings (SSSR count). The number of carbonyl (C=O) groups is 1. The lowest BCUT2D eigenvalue weighted by Crippen LogP contribution is -2.51. The van der Waals surface area contributed by atoms with Crippen LogP contribution in [0.4, 0.5) is 4.79 Å². The third-order valence-electron chi connectivity index (χ3n) is 6.91. The fourth-order valence-electron chi connectivity index (χ4n) is 5.56. The van der Waals surface area contributed by atoms with Crippen LogP contribution < -0.4 is 19.5 Å². The van der Waals surface area contributed by atoms with Crippen molar-refractivity contribution >= 4 is 6.09 Å². The molecule has 1 aliphatic heterocycles. The van der Waals surface area contributed by atoms with E-state index < -0.39 is 6.09 Å². The van der Waals surface area contributed by atoms with Gasteiger partial charge in [-0.05, 0) is 54.5 Å². The molecule has 4 unspecified atom stereocenters. The topological polar surface area (TPSA) is 66.0 Å². The minimum atomic E-state index is -0.432. The van der Waals surface area contributed by atoms with Gasteiger partial charge in [-0.1, -0.05) is 31.2 Å². The van der Waals surface area contributed by atoms with Crippen molar-refractivity contribution in [3.8, 4) is 17.2 Å². The van der Waals surface area contributed by atoms with Gasteiger partial charge in [-0.2, -0.15) is 0 Å². The second kappa shape index (κ2) is 7.84. The van der Waals surface area contributed by atoms with Gasteiger partial charge in [0.1, 0.15) is 11.5 Å². The van der Waals surface area contributed by atoms with Crippen molar-refractivity contribution in [3.63, 3.8) is 0 Å². The Hall–Kier alpha value is -3.15. The number of methoxy groups -OCH3 is 2. The molecule has 2 aromatic rings. The van der Waals surface area contributed by atoms with Gasteiger partial charge < -0.3 is 24.3 Å². The minimum Gasteiger partial charge on any atom is -0.497 e. The van der Waals surface area contributed by atoms with Crippen LogP contribution in [-0.2, 0) is 11.2 Å². The fourth-order valence-corrected chi connectivity index (χ4v) is 5.56. The summed E-state index contributed by atoms with van der Waals surface area (Å²) in [5.74, 6) is 3.54. The van der Waals surface area contributed by atoms with Gasteiger partial charge in [0.25, 0.3) is 0 Å². The van der Waals surface area contributed by atoms with E-state index in [1.54, 1.807) is 26.4 Å². The summed E-state index contributed by atoms with van der Waals surface area (Å²) in [6.45, 7) is 2.25. The van der Waals surface area contributed by atoms with Gasteiger partial charge in [0.05, 0.1) is 14.2 Å². The third-order valence-corrected chi connectivity index (χ3v) is 6.91. The summed E-state index contributed by atoms with van der Waals surface area (Å²) in [6, 6.07) is 13.1. The first-order valence-corrected chi connectivity index (χ1v) is 10.7. The molecular formula is C25H27NO5. The van der Waals surface area contributed by atoms with E-state index in [0.717, 1.165) is 23.7 Å². The van der Waals surface area contributed by atoms with Crippen LogP contribution in [-0.4, -0.2) is 32.5 Å². The van der Waals surface area contributed by atoms with E-state index >= 15 is 0 Å². The van der Waals surface area contributed by atoms with Crippen molar-refractivity contribution < 1.29 is 23.7 Å². The van der Waals surface area contributed by atoms with Crippen molar-refractivity contribution in [2.75, 3.05) is 14.2 Å². The van der Waals surface area contributed by atoms with E-state index in [4.69, 9.17) is 18.9 Å². The molecule has 162 valence electrons. The number of para-hydroxylation sites is 1. The molecule has 0 radical (unpaired) electrons. The Morgan fingerprint density at radius 2 is 1.90 bits per heavy atom. The number of ether oxygens (including phenoxy) is 4. The molecule has 0 spiro atoms. The Morgan fingerprint density at radius 1 is 1.10 bits per heavy atom. The summed E-state index contributed by atoms with van der Waals surface area (Å²) in [6.07, 6.45) is 2.99. The number of rotatable bonds is 4. The maximum Gasteiger partial charge on any atom is 0.412 e. The van der Waals surface area contributed by atoms with Crippen LogP contribution in [0.25, 0.3) is 0 Å². The number of carbonyl (C=O) groups excluding carboxylic acids is 1. The molecule has 1 amide bonds. The van der Waals surface area contributed by atoms with Crippen molar-refractivity contribution in [1.29, 1.82) is 0 Å². The Labute approximate surface area is 182 Å². The quantitative estimate of drug-likeness (QED) is 0.791. The minimum absolute atomic E-state index is 0.0787. The first-order valence-electron chi connectivity index (χ1n) is 10.7. The summed E-state index contributed by atoms with van der Waals surface area (Å²) in [5, 5.41) is 3.16. The first-order chi connectivity index (χ1) is 15.1. The molecule has 2 aliphatic carbocycles. The van der Waals surface area contributed by atoms with E-state index in [9.17, 15) is 4.79 Å². The number of hydrogen-bond acceptors (Lipinski definition) is 5. The van der Waals surface area contributed by atoms with Gasteiger partial charge in [-0.3, -0.25) is 0 Å². The first kappa shape index (κ1) is 19.8.